The molecule has 144 valence electrons. The molecule has 3 fully saturated rings. The smallest absolute Gasteiger partial charge is 0.242 e. The van der Waals surface area contributed by atoms with Crippen molar-refractivity contribution in [3.05, 3.63) is 34.9 Å². The summed E-state index contributed by atoms with van der Waals surface area (Å²) in [7, 11) is 0. The lowest BCUT2D eigenvalue weighted by Gasteiger charge is -2.35. The molecular weight excluding hydrogens is 342 g/mol. The van der Waals surface area contributed by atoms with Crippen LogP contribution in [0.5, 0.6) is 0 Å². The fourth-order valence-corrected chi connectivity index (χ4v) is 4.08. The first-order chi connectivity index (χ1) is 12.9. The van der Waals surface area contributed by atoms with E-state index in [1.807, 2.05) is 9.80 Å². The Morgan fingerprint density at radius 2 is 1.85 bits per heavy atom. The quantitative estimate of drug-likeness (QED) is 0.808. The lowest BCUT2D eigenvalue weighted by molar-refractivity contribution is -0.147. The summed E-state index contributed by atoms with van der Waals surface area (Å²) in [5, 5.41) is 0. The highest BCUT2D eigenvalue weighted by Crippen LogP contribution is 2.33. The Labute approximate surface area is 160 Å². The number of hydrogen-bond acceptors (Lipinski definition) is 3. The first kappa shape index (κ1) is 18.0. The average Bonchev–Trinajstić information content (AvgIpc) is 3.41. The third-order valence-electron chi connectivity index (χ3n) is 6.07. The number of amides is 3. The van der Waals surface area contributed by atoms with Crippen LogP contribution in [0.2, 0.25) is 0 Å². The highest BCUT2D eigenvalue weighted by atomic mass is 16.2. The second-order valence-corrected chi connectivity index (χ2v) is 8.17. The van der Waals surface area contributed by atoms with Gasteiger partial charge in [-0.2, -0.15) is 0 Å². The Morgan fingerprint density at radius 1 is 1.07 bits per heavy atom. The monoisotopic (exact) mass is 369 g/mol. The topological polar surface area (TPSA) is 60.9 Å². The van der Waals surface area contributed by atoms with E-state index >= 15 is 0 Å². The van der Waals surface area contributed by atoms with Crippen LogP contribution in [0.3, 0.4) is 0 Å². The minimum atomic E-state index is -0.280. The predicted octanol–water partition coefficient (Wildman–Crippen LogP) is 1.49. The van der Waals surface area contributed by atoms with E-state index in [4.69, 9.17) is 0 Å². The Balaban J connectivity index is 1.34. The van der Waals surface area contributed by atoms with Gasteiger partial charge in [0.15, 0.2) is 0 Å². The molecule has 2 aliphatic heterocycles. The van der Waals surface area contributed by atoms with Crippen LogP contribution < -0.4 is 0 Å². The minimum absolute atomic E-state index is 0.0174. The number of likely N-dealkylation sites (tertiary alicyclic amines) is 1. The van der Waals surface area contributed by atoms with Crippen LogP contribution >= 0.6 is 0 Å². The third kappa shape index (κ3) is 3.70. The van der Waals surface area contributed by atoms with Gasteiger partial charge in [0.2, 0.25) is 17.7 Å². The fraction of sp³-hybridized carbons (Fsp3) is 0.571. The largest absolute Gasteiger partial charge is 0.339 e. The molecule has 3 aliphatic rings. The molecule has 0 N–H and O–H groups in total. The zero-order valence-corrected chi connectivity index (χ0v) is 16.1. The van der Waals surface area contributed by atoms with E-state index in [1.165, 1.54) is 11.1 Å². The summed E-state index contributed by atoms with van der Waals surface area (Å²) in [4.78, 5) is 42.8. The fourth-order valence-electron chi connectivity index (χ4n) is 4.08. The number of nitrogens with zero attached hydrogens (tertiary/aromatic N) is 3. The van der Waals surface area contributed by atoms with E-state index in [0.717, 1.165) is 18.4 Å². The molecule has 1 saturated carbocycles. The van der Waals surface area contributed by atoms with Gasteiger partial charge in [-0.1, -0.05) is 18.2 Å². The molecule has 1 aromatic carbocycles. The van der Waals surface area contributed by atoms with Gasteiger partial charge < -0.3 is 14.7 Å². The van der Waals surface area contributed by atoms with Crippen molar-refractivity contribution in [2.45, 2.75) is 45.7 Å². The molecule has 27 heavy (non-hydrogen) atoms. The summed E-state index contributed by atoms with van der Waals surface area (Å²) in [5.74, 6) is -0.241. The van der Waals surface area contributed by atoms with Crippen LogP contribution in [0, 0.1) is 19.8 Å². The summed E-state index contributed by atoms with van der Waals surface area (Å²) < 4.78 is 0. The molecule has 0 bridgehead atoms. The van der Waals surface area contributed by atoms with Gasteiger partial charge in [0.05, 0.1) is 12.5 Å². The molecule has 0 unspecified atom stereocenters. The van der Waals surface area contributed by atoms with Gasteiger partial charge >= 0.3 is 0 Å². The molecule has 0 spiro atoms. The molecule has 1 atom stereocenters. The van der Waals surface area contributed by atoms with Gasteiger partial charge in [-0.25, -0.2) is 0 Å². The Kier molecular flexibility index (Phi) is 4.66. The third-order valence-corrected chi connectivity index (χ3v) is 6.07. The van der Waals surface area contributed by atoms with Gasteiger partial charge in [-0.15, -0.1) is 0 Å². The molecule has 6 heteroatoms. The summed E-state index contributed by atoms with van der Waals surface area (Å²) in [5.41, 5.74) is 3.58. The van der Waals surface area contributed by atoms with Crippen molar-refractivity contribution in [2.75, 3.05) is 26.2 Å². The highest BCUT2D eigenvalue weighted by Gasteiger charge is 2.43. The lowest BCUT2D eigenvalue weighted by Crippen LogP contribution is -2.53. The van der Waals surface area contributed by atoms with E-state index in [2.05, 4.69) is 32.0 Å². The van der Waals surface area contributed by atoms with Gasteiger partial charge in [0.25, 0.3) is 0 Å². The molecule has 0 radical (unpaired) electrons. The molecule has 1 aliphatic carbocycles. The van der Waals surface area contributed by atoms with Crippen LogP contribution in [0.25, 0.3) is 0 Å². The number of hydrogen-bond donors (Lipinski definition) is 0. The Bertz CT molecular complexity index is 787. The normalized spacial score (nSPS) is 23.3. The first-order valence-electron chi connectivity index (χ1n) is 9.84. The molecular formula is C21H27N3O3. The number of carbonyl (C=O) groups excluding carboxylic acids is 3. The van der Waals surface area contributed by atoms with Gasteiger partial charge in [0.1, 0.15) is 0 Å². The van der Waals surface area contributed by atoms with Crippen molar-refractivity contribution in [2.24, 2.45) is 5.92 Å². The van der Waals surface area contributed by atoms with E-state index in [0.29, 0.717) is 38.6 Å². The second kappa shape index (κ2) is 6.98. The lowest BCUT2D eigenvalue weighted by atomic mass is 10.0. The maximum atomic E-state index is 12.8. The maximum absolute atomic E-state index is 12.8. The average molecular weight is 369 g/mol. The number of benzene rings is 1. The summed E-state index contributed by atoms with van der Waals surface area (Å²) >= 11 is 0. The predicted molar refractivity (Wildman–Crippen MR) is 101 cm³/mol. The van der Waals surface area contributed by atoms with Crippen LogP contribution in [-0.4, -0.2) is 64.6 Å². The number of rotatable bonds is 4. The van der Waals surface area contributed by atoms with E-state index in [-0.39, 0.29) is 30.2 Å². The molecule has 3 amide bonds. The summed E-state index contributed by atoms with van der Waals surface area (Å²) in [6, 6.07) is 6.62. The Hall–Kier alpha value is -2.37. The van der Waals surface area contributed by atoms with Crippen LogP contribution in [0.1, 0.15) is 36.0 Å². The molecule has 6 nitrogen and oxygen atoms in total. The van der Waals surface area contributed by atoms with Crippen molar-refractivity contribution >= 4 is 17.7 Å². The van der Waals surface area contributed by atoms with E-state index < -0.39 is 0 Å². The number of aryl methyl sites for hydroxylation is 2. The zero-order valence-electron chi connectivity index (χ0n) is 16.1. The zero-order chi connectivity index (χ0) is 19.1. The van der Waals surface area contributed by atoms with Gasteiger partial charge in [-0.3, -0.25) is 14.4 Å². The van der Waals surface area contributed by atoms with Crippen molar-refractivity contribution in [3.63, 3.8) is 0 Å². The van der Waals surface area contributed by atoms with E-state index in [9.17, 15) is 14.4 Å². The standard InChI is InChI=1S/C21H27N3O3/c1-14-3-4-16(9-15(14)2)11-22-7-8-23(13-20(22)26)21(27)17-10-19(25)24(12-17)18-5-6-18/h3-4,9,17-18H,5-8,10-13H2,1-2H3/t17-/m1/s1. The second-order valence-electron chi connectivity index (χ2n) is 8.17. The summed E-state index contributed by atoms with van der Waals surface area (Å²) in [6.45, 7) is 6.47. The molecule has 0 aromatic heterocycles. The maximum Gasteiger partial charge on any atom is 0.242 e. The van der Waals surface area contributed by atoms with Gasteiger partial charge in [-0.05, 0) is 43.4 Å². The SMILES string of the molecule is Cc1ccc(CN2CCN(C(=O)[C@@H]3CC(=O)N(C4CC4)C3)CC2=O)cc1C. The summed E-state index contributed by atoms with van der Waals surface area (Å²) in [6.07, 6.45) is 2.41. The van der Waals surface area contributed by atoms with Crippen LogP contribution in [0.15, 0.2) is 18.2 Å². The molecule has 2 heterocycles. The molecule has 2 saturated heterocycles. The highest BCUT2D eigenvalue weighted by molar-refractivity contribution is 5.92. The minimum Gasteiger partial charge on any atom is -0.339 e. The molecule has 1 aromatic rings. The van der Waals surface area contributed by atoms with Crippen LogP contribution in [0.4, 0.5) is 0 Å². The van der Waals surface area contributed by atoms with Crippen molar-refractivity contribution in [1.82, 2.24) is 14.7 Å². The van der Waals surface area contributed by atoms with Crippen molar-refractivity contribution < 1.29 is 14.4 Å². The first-order valence-corrected chi connectivity index (χ1v) is 9.84. The van der Waals surface area contributed by atoms with Crippen molar-refractivity contribution in [3.8, 4) is 0 Å². The van der Waals surface area contributed by atoms with E-state index in [1.54, 1.807) is 4.90 Å². The van der Waals surface area contributed by atoms with Gasteiger partial charge in [0, 0.05) is 38.6 Å². The molecule has 4 rings (SSSR count). The van der Waals surface area contributed by atoms with Crippen LogP contribution in [-0.2, 0) is 20.9 Å². The Morgan fingerprint density at radius 3 is 2.52 bits per heavy atom. The number of piperazine rings is 1. The van der Waals surface area contributed by atoms with Crippen molar-refractivity contribution in [1.29, 1.82) is 0 Å². The number of carbonyl (C=O) groups is 3.